The first-order valence-corrected chi connectivity index (χ1v) is 4.19. The molecular formula is C7H11N5O. The normalized spacial score (nSPS) is 9.62. The maximum absolute atomic E-state index is 8.04. The molecule has 0 N–H and O–H groups in total. The van der Waals surface area contributed by atoms with Gasteiger partial charge in [0.1, 0.15) is 6.54 Å². The van der Waals surface area contributed by atoms with Gasteiger partial charge in [-0.15, -0.1) is 0 Å². The third-order valence-electron chi connectivity index (χ3n) is 1.53. The molecule has 0 unspecified atom stereocenters. The molecule has 0 spiro atoms. The summed E-state index contributed by atoms with van der Waals surface area (Å²) in [6, 6.07) is 0. The molecule has 70 valence electrons. The Labute approximate surface area is 75.6 Å². The molecule has 0 amide bonds. The summed E-state index contributed by atoms with van der Waals surface area (Å²) in [4.78, 5) is 6.64. The van der Waals surface area contributed by atoms with Gasteiger partial charge >= 0.3 is 0 Å². The molecule has 1 rings (SSSR count). The van der Waals surface area contributed by atoms with Crippen molar-refractivity contribution in [2.75, 3.05) is 0 Å². The molecule has 6 nitrogen and oxygen atoms in total. The molecule has 1 aromatic heterocycles. The summed E-state index contributed by atoms with van der Waals surface area (Å²) in [5.74, 6) is 1.06. The zero-order valence-corrected chi connectivity index (χ0v) is 7.47. The van der Waals surface area contributed by atoms with Crippen LogP contribution in [-0.2, 0) is 13.0 Å². The molecule has 0 aromatic carbocycles. The second-order valence-corrected chi connectivity index (χ2v) is 2.60. The van der Waals surface area contributed by atoms with E-state index in [1.165, 1.54) is 0 Å². The highest BCUT2D eigenvalue weighted by molar-refractivity contribution is 4.85. The number of hydrogen-bond donors (Lipinski definition) is 0. The number of unbranched alkanes of at least 4 members (excludes halogenated alkanes) is 1. The third-order valence-corrected chi connectivity index (χ3v) is 1.53. The fourth-order valence-electron chi connectivity index (χ4n) is 0.883. The van der Waals surface area contributed by atoms with Gasteiger partial charge in [-0.2, -0.15) is 4.98 Å². The lowest BCUT2D eigenvalue weighted by Gasteiger charge is -1.87. The van der Waals surface area contributed by atoms with Gasteiger partial charge in [0.25, 0.3) is 0 Å². The van der Waals surface area contributed by atoms with Crippen LogP contribution in [-0.4, -0.2) is 10.1 Å². The average molecular weight is 181 g/mol. The van der Waals surface area contributed by atoms with Crippen LogP contribution in [0, 0.1) is 0 Å². The lowest BCUT2D eigenvalue weighted by Crippen LogP contribution is -1.87. The van der Waals surface area contributed by atoms with Crippen molar-refractivity contribution in [3.63, 3.8) is 0 Å². The monoisotopic (exact) mass is 181 g/mol. The SMILES string of the molecule is CCCCc1noc(CN=[N+]=[N-])n1. The van der Waals surface area contributed by atoms with E-state index in [0.29, 0.717) is 11.7 Å². The molecule has 0 saturated carbocycles. The Hall–Kier alpha value is -1.55. The maximum Gasteiger partial charge on any atom is 0.232 e. The summed E-state index contributed by atoms with van der Waals surface area (Å²) < 4.78 is 4.84. The van der Waals surface area contributed by atoms with Gasteiger partial charge in [-0.05, 0) is 12.0 Å². The fourth-order valence-corrected chi connectivity index (χ4v) is 0.883. The lowest BCUT2D eigenvalue weighted by molar-refractivity contribution is 0.374. The summed E-state index contributed by atoms with van der Waals surface area (Å²) >= 11 is 0. The zero-order chi connectivity index (χ0) is 9.52. The number of aryl methyl sites for hydroxylation is 1. The van der Waals surface area contributed by atoms with Crippen LogP contribution in [0.15, 0.2) is 9.64 Å². The molecule has 0 fully saturated rings. The molecule has 13 heavy (non-hydrogen) atoms. The van der Waals surface area contributed by atoms with Gasteiger partial charge in [0.2, 0.25) is 5.89 Å². The van der Waals surface area contributed by atoms with Crippen molar-refractivity contribution in [2.45, 2.75) is 32.7 Å². The topological polar surface area (TPSA) is 87.7 Å². The molecule has 0 bridgehead atoms. The number of nitrogens with zero attached hydrogens (tertiary/aromatic N) is 5. The second kappa shape index (κ2) is 5.16. The van der Waals surface area contributed by atoms with E-state index < -0.39 is 0 Å². The van der Waals surface area contributed by atoms with Crippen molar-refractivity contribution in [3.8, 4) is 0 Å². The molecule has 0 aliphatic carbocycles. The summed E-state index contributed by atoms with van der Waals surface area (Å²) in [5.41, 5.74) is 8.04. The van der Waals surface area contributed by atoms with Crippen molar-refractivity contribution in [3.05, 3.63) is 22.2 Å². The van der Waals surface area contributed by atoms with Crippen molar-refractivity contribution in [1.29, 1.82) is 0 Å². The predicted octanol–water partition coefficient (Wildman–Crippen LogP) is 2.22. The number of hydrogen-bond acceptors (Lipinski definition) is 4. The first kappa shape index (κ1) is 9.54. The van der Waals surface area contributed by atoms with E-state index in [2.05, 4.69) is 27.1 Å². The molecule has 1 aromatic rings. The number of azide groups is 1. The van der Waals surface area contributed by atoms with E-state index in [1.54, 1.807) is 0 Å². The summed E-state index contributed by atoms with van der Waals surface area (Å²) in [7, 11) is 0. The van der Waals surface area contributed by atoms with E-state index in [-0.39, 0.29) is 6.54 Å². The Morgan fingerprint density at radius 1 is 1.62 bits per heavy atom. The van der Waals surface area contributed by atoms with E-state index in [1.807, 2.05) is 0 Å². The highest BCUT2D eigenvalue weighted by Crippen LogP contribution is 2.02. The summed E-state index contributed by atoms with van der Waals surface area (Å²) in [6.45, 7) is 2.23. The van der Waals surface area contributed by atoms with Gasteiger partial charge in [0, 0.05) is 11.3 Å². The zero-order valence-electron chi connectivity index (χ0n) is 7.47. The predicted molar refractivity (Wildman–Crippen MR) is 45.8 cm³/mol. The Kier molecular flexibility index (Phi) is 3.78. The van der Waals surface area contributed by atoms with Crippen LogP contribution in [0.3, 0.4) is 0 Å². The van der Waals surface area contributed by atoms with Crippen LogP contribution >= 0.6 is 0 Å². The largest absolute Gasteiger partial charge is 0.339 e. The number of rotatable bonds is 5. The molecule has 0 radical (unpaired) electrons. The van der Waals surface area contributed by atoms with Crippen LogP contribution in [0.2, 0.25) is 0 Å². The molecule has 0 aliphatic rings. The van der Waals surface area contributed by atoms with Crippen molar-refractivity contribution >= 4 is 0 Å². The molecule has 0 atom stereocenters. The smallest absolute Gasteiger partial charge is 0.232 e. The van der Waals surface area contributed by atoms with Crippen LogP contribution in [0.4, 0.5) is 0 Å². The standard InChI is InChI=1S/C7H11N5O/c1-2-3-4-6-10-7(13-11-6)5-9-12-8/h2-5H2,1H3. The van der Waals surface area contributed by atoms with E-state index >= 15 is 0 Å². The first-order valence-electron chi connectivity index (χ1n) is 4.19. The third kappa shape index (κ3) is 3.13. The molecular weight excluding hydrogens is 170 g/mol. The maximum atomic E-state index is 8.04. The minimum Gasteiger partial charge on any atom is -0.339 e. The minimum atomic E-state index is 0.135. The van der Waals surface area contributed by atoms with Crippen LogP contribution in [0.25, 0.3) is 10.4 Å². The molecule has 0 aliphatic heterocycles. The lowest BCUT2D eigenvalue weighted by atomic mass is 10.2. The van der Waals surface area contributed by atoms with Crippen LogP contribution < -0.4 is 0 Å². The van der Waals surface area contributed by atoms with Gasteiger partial charge in [-0.3, -0.25) is 0 Å². The second-order valence-electron chi connectivity index (χ2n) is 2.60. The summed E-state index contributed by atoms with van der Waals surface area (Å²) in [6.07, 6.45) is 2.96. The van der Waals surface area contributed by atoms with Gasteiger partial charge < -0.3 is 4.52 Å². The Balaban J connectivity index is 2.48. The van der Waals surface area contributed by atoms with Crippen molar-refractivity contribution in [1.82, 2.24) is 10.1 Å². The van der Waals surface area contributed by atoms with Crippen molar-refractivity contribution in [2.24, 2.45) is 5.11 Å². The first-order chi connectivity index (χ1) is 6.36. The Bertz CT molecular complexity index is 302. The van der Waals surface area contributed by atoms with E-state index in [0.717, 1.165) is 19.3 Å². The van der Waals surface area contributed by atoms with Gasteiger partial charge in [0.15, 0.2) is 5.82 Å². The Morgan fingerprint density at radius 2 is 2.46 bits per heavy atom. The van der Waals surface area contributed by atoms with Crippen LogP contribution in [0.5, 0.6) is 0 Å². The molecule has 0 saturated heterocycles. The van der Waals surface area contributed by atoms with Gasteiger partial charge in [-0.1, -0.05) is 23.6 Å². The molecule has 1 heterocycles. The quantitative estimate of drug-likeness (QED) is 0.396. The van der Waals surface area contributed by atoms with Crippen LogP contribution in [0.1, 0.15) is 31.5 Å². The number of aromatic nitrogens is 2. The van der Waals surface area contributed by atoms with E-state index in [4.69, 9.17) is 10.1 Å². The average Bonchev–Trinajstić information content (AvgIpc) is 2.59. The van der Waals surface area contributed by atoms with E-state index in [9.17, 15) is 0 Å². The minimum absolute atomic E-state index is 0.135. The van der Waals surface area contributed by atoms with Gasteiger partial charge in [-0.25, -0.2) is 0 Å². The summed E-state index contributed by atoms with van der Waals surface area (Å²) in [5, 5.41) is 7.06. The Morgan fingerprint density at radius 3 is 3.15 bits per heavy atom. The highest BCUT2D eigenvalue weighted by Gasteiger charge is 2.03. The highest BCUT2D eigenvalue weighted by atomic mass is 16.5. The molecule has 6 heteroatoms. The van der Waals surface area contributed by atoms with Gasteiger partial charge in [0.05, 0.1) is 0 Å². The fraction of sp³-hybridized carbons (Fsp3) is 0.714. The van der Waals surface area contributed by atoms with Crippen molar-refractivity contribution < 1.29 is 4.52 Å².